The van der Waals surface area contributed by atoms with Crippen LogP contribution in [0.3, 0.4) is 0 Å². The zero-order valence-electron chi connectivity index (χ0n) is 12.4. The summed E-state index contributed by atoms with van der Waals surface area (Å²) in [4.78, 5) is 23.8. The van der Waals surface area contributed by atoms with E-state index >= 15 is 0 Å². The maximum absolute atomic E-state index is 12.3. The first-order valence-corrected chi connectivity index (χ1v) is 6.95. The molecule has 6 nitrogen and oxygen atoms in total. The lowest BCUT2D eigenvalue weighted by atomic mass is 10.0. The lowest BCUT2D eigenvalue weighted by molar-refractivity contribution is -0.122. The summed E-state index contributed by atoms with van der Waals surface area (Å²) in [6.07, 6.45) is -0.116. The van der Waals surface area contributed by atoms with E-state index in [0.717, 1.165) is 0 Å². The molecule has 2 rings (SSSR count). The third kappa shape index (κ3) is 3.33. The lowest BCUT2D eigenvalue weighted by Gasteiger charge is -2.26. The highest BCUT2D eigenvalue weighted by Gasteiger charge is 2.28. The number of nitrogens with one attached hydrogen (secondary N) is 2. The van der Waals surface area contributed by atoms with Crippen LogP contribution < -0.4 is 15.4 Å². The standard InChI is InChI=1S/C15H20N2O4/c1-4-15(3,20)8-16-14(19)10-6-5-7-11-12(10)21-9(2)13(18)17-11/h5-7,9,20H,4,8H2,1-3H3,(H,16,19)(H,17,18)/t9-,15-/m0/s1. The van der Waals surface area contributed by atoms with Crippen LogP contribution in [0.25, 0.3) is 0 Å². The van der Waals surface area contributed by atoms with E-state index < -0.39 is 11.7 Å². The highest BCUT2D eigenvalue weighted by atomic mass is 16.5. The fraction of sp³-hybridized carbons (Fsp3) is 0.467. The number of anilines is 1. The zero-order chi connectivity index (χ0) is 15.6. The molecule has 2 amide bonds. The molecule has 21 heavy (non-hydrogen) atoms. The number of carbonyl (C=O) groups is 2. The molecule has 0 aromatic heterocycles. The second-order valence-electron chi connectivity index (χ2n) is 5.46. The van der Waals surface area contributed by atoms with Gasteiger partial charge in [0, 0.05) is 6.54 Å². The van der Waals surface area contributed by atoms with E-state index in [1.807, 2.05) is 6.92 Å². The van der Waals surface area contributed by atoms with Crippen LogP contribution in [0, 0.1) is 0 Å². The minimum atomic E-state index is -0.952. The largest absolute Gasteiger partial charge is 0.478 e. The molecule has 0 aliphatic carbocycles. The van der Waals surface area contributed by atoms with Crippen molar-refractivity contribution in [1.29, 1.82) is 0 Å². The van der Waals surface area contributed by atoms with Crippen molar-refractivity contribution in [3.8, 4) is 5.75 Å². The Morgan fingerprint density at radius 3 is 2.90 bits per heavy atom. The minimum Gasteiger partial charge on any atom is -0.478 e. The number of amides is 2. The average Bonchev–Trinajstić information content (AvgIpc) is 2.45. The highest BCUT2D eigenvalue weighted by molar-refractivity contribution is 6.03. The van der Waals surface area contributed by atoms with Crippen LogP contribution in [-0.2, 0) is 4.79 Å². The molecular weight excluding hydrogens is 272 g/mol. The Bertz CT molecular complexity index is 569. The van der Waals surface area contributed by atoms with E-state index in [4.69, 9.17) is 4.74 Å². The van der Waals surface area contributed by atoms with E-state index in [-0.39, 0.29) is 18.4 Å². The highest BCUT2D eigenvalue weighted by Crippen LogP contribution is 2.33. The number of fused-ring (bicyclic) bond motifs is 1. The van der Waals surface area contributed by atoms with Gasteiger partial charge in [-0.2, -0.15) is 0 Å². The number of benzene rings is 1. The van der Waals surface area contributed by atoms with Crippen molar-refractivity contribution in [3.63, 3.8) is 0 Å². The van der Waals surface area contributed by atoms with Crippen molar-refractivity contribution >= 4 is 17.5 Å². The molecule has 2 atom stereocenters. The van der Waals surface area contributed by atoms with Crippen LogP contribution in [0.4, 0.5) is 5.69 Å². The van der Waals surface area contributed by atoms with E-state index in [1.54, 1.807) is 32.0 Å². The van der Waals surface area contributed by atoms with Crippen LogP contribution in [-0.4, -0.2) is 35.2 Å². The summed E-state index contributed by atoms with van der Waals surface area (Å²) in [5.41, 5.74) is -0.133. The van der Waals surface area contributed by atoms with Crippen molar-refractivity contribution in [2.75, 3.05) is 11.9 Å². The molecule has 6 heteroatoms. The predicted molar refractivity (Wildman–Crippen MR) is 78.4 cm³/mol. The topological polar surface area (TPSA) is 87.7 Å². The molecule has 1 aliphatic heterocycles. The van der Waals surface area contributed by atoms with Gasteiger partial charge in [-0.1, -0.05) is 13.0 Å². The molecule has 1 heterocycles. The summed E-state index contributed by atoms with van der Waals surface area (Å²) in [5.74, 6) is -0.226. The maximum Gasteiger partial charge on any atom is 0.265 e. The number of carbonyl (C=O) groups excluding carboxylic acids is 2. The lowest BCUT2D eigenvalue weighted by Crippen LogP contribution is -2.41. The van der Waals surface area contributed by atoms with Gasteiger partial charge in [0.25, 0.3) is 11.8 Å². The van der Waals surface area contributed by atoms with Gasteiger partial charge in [-0.15, -0.1) is 0 Å². The molecular formula is C15H20N2O4. The van der Waals surface area contributed by atoms with Gasteiger partial charge in [0.15, 0.2) is 11.9 Å². The Morgan fingerprint density at radius 2 is 2.24 bits per heavy atom. The third-order valence-corrected chi connectivity index (χ3v) is 3.57. The van der Waals surface area contributed by atoms with E-state index in [1.165, 1.54) is 0 Å². The summed E-state index contributed by atoms with van der Waals surface area (Å²) < 4.78 is 5.52. The van der Waals surface area contributed by atoms with Crippen LogP contribution in [0.15, 0.2) is 18.2 Å². The molecule has 3 N–H and O–H groups in total. The van der Waals surface area contributed by atoms with Gasteiger partial charge in [0.1, 0.15) is 0 Å². The van der Waals surface area contributed by atoms with Gasteiger partial charge < -0.3 is 20.5 Å². The van der Waals surface area contributed by atoms with E-state index in [2.05, 4.69) is 10.6 Å². The molecule has 1 aromatic rings. The van der Waals surface area contributed by atoms with Crippen molar-refractivity contribution in [2.24, 2.45) is 0 Å². The van der Waals surface area contributed by atoms with Gasteiger partial charge >= 0.3 is 0 Å². The van der Waals surface area contributed by atoms with Crippen molar-refractivity contribution in [3.05, 3.63) is 23.8 Å². The Balaban J connectivity index is 2.19. The Morgan fingerprint density at radius 1 is 1.52 bits per heavy atom. The van der Waals surface area contributed by atoms with Crippen molar-refractivity contribution in [2.45, 2.75) is 38.9 Å². The second-order valence-corrected chi connectivity index (χ2v) is 5.46. The molecule has 1 aromatic carbocycles. The van der Waals surface area contributed by atoms with Crippen LogP contribution in [0.5, 0.6) is 5.75 Å². The summed E-state index contributed by atoms with van der Waals surface area (Å²) in [6, 6.07) is 4.97. The SMILES string of the molecule is CC[C@](C)(O)CNC(=O)c1cccc2c1O[C@@H](C)C(=O)N2. The van der Waals surface area contributed by atoms with Gasteiger partial charge in [-0.3, -0.25) is 9.59 Å². The van der Waals surface area contributed by atoms with Gasteiger partial charge in [0.2, 0.25) is 0 Å². The number of aliphatic hydroxyl groups is 1. The third-order valence-electron chi connectivity index (χ3n) is 3.57. The fourth-order valence-electron chi connectivity index (χ4n) is 1.90. The van der Waals surface area contributed by atoms with Gasteiger partial charge in [0.05, 0.1) is 16.9 Å². The monoisotopic (exact) mass is 292 g/mol. The summed E-state index contributed by atoms with van der Waals surface area (Å²) in [6.45, 7) is 5.27. The molecule has 0 unspecified atom stereocenters. The molecule has 0 saturated heterocycles. The van der Waals surface area contributed by atoms with E-state index in [9.17, 15) is 14.7 Å². The van der Waals surface area contributed by atoms with Crippen molar-refractivity contribution < 1.29 is 19.4 Å². The average molecular weight is 292 g/mol. The molecule has 0 spiro atoms. The second kappa shape index (κ2) is 5.73. The molecule has 0 fully saturated rings. The quantitative estimate of drug-likeness (QED) is 0.780. The number of para-hydroxylation sites is 1. The number of rotatable bonds is 4. The Kier molecular flexibility index (Phi) is 4.18. The first-order valence-electron chi connectivity index (χ1n) is 6.95. The Labute approximate surface area is 123 Å². The maximum atomic E-state index is 12.3. The Hall–Kier alpha value is -2.08. The number of hydrogen-bond donors (Lipinski definition) is 3. The van der Waals surface area contributed by atoms with E-state index in [0.29, 0.717) is 23.4 Å². The first kappa shape index (κ1) is 15.3. The van der Waals surface area contributed by atoms with Gasteiger partial charge in [-0.25, -0.2) is 0 Å². The zero-order valence-corrected chi connectivity index (χ0v) is 12.4. The normalized spacial score (nSPS) is 19.8. The first-order chi connectivity index (χ1) is 9.84. The smallest absolute Gasteiger partial charge is 0.265 e. The van der Waals surface area contributed by atoms with Gasteiger partial charge in [-0.05, 0) is 32.4 Å². The summed E-state index contributed by atoms with van der Waals surface area (Å²) in [5, 5.41) is 15.3. The molecule has 0 saturated carbocycles. The van der Waals surface area contributed by atoms with Crippen molar-refractivity contribution in [1.82, 2.24) is 5.32 Å². The predicted octanol–water partition coefficient (Wildman–Crippen LogP) is 1.30. The molecule has 0 radical (unpaired) electrons. The fourth-order valence-corrected chi connectivity index (χ4v) is 1.90. The summed E-state index contributed by atoms with van der Waals surface area (Å²) in [7, 11) is 0. The van der Waals surface area contributed by atoms with Crippen LogP contribution in [0.1, 0.15) is 37.6 Å². The minimum absolute atomic E-state index is 0.147. The molecule has 114 valence electrons. The number of ether oxygens (including phenoxy) is 1. The number of hydrogen-bond acceptors (Lipinski definition) is 4. The molecule has 1 aliphatic rings. The summed E-state index contributed by atoms with van der Waals surface area (Å²) >= 11 is 0. The van der Waals surface area contributed by atoms with Crippen LogP contribution >= 0.6 is 0 Å². The van der Waals surface area contributed by atoms with Crippen LogP contribution in [0.2, 0.25) is 0 Å². The molecule has 0 bridgehead atoms.